The molecule has 0 saturated heterocycles. The summed E-state index contributed by atoms with van der Waals surface area (Å²) in [4.78, 5) is 24.9. The Hall–Kier alpha value is -4.46. The zero-order valence-electron chi connectivity index (χ0n) is 19.9. The third kappa shape index (κ3) is 4.24. The summed E-state index contributed by atoms with van der Waals surface area (Å²) in [6.45, 7) is 0. The van der Waals surface area contributed by atoms with Gasteiger partial charge in [-0.25, -0.2) is 10.2 Å². The molecule has 2 aliphatic heterocycles. The summed E-state index contributed by atoms with van der Waals surface area (Å²) >= 11 is 0. The van der Waals surface area contributed by atoms with Crippen LogP contribution in [-0.2, 0) is 22.5 Å². The number of amides is 1. The molecule has 4 aromatic carbocycles. The van der Waals surface area contributed by atoms with E-state index in [1.54, 1.807) is 30.5 Å². The predicted molar refractivity (Wildman–Crippen MR) is 142 cm³/mol. The molecule has 0 fully saturated rings. The van der Waals surface area contributed by atoms with Gasteiger partial charge in [-0.15, -0.1) is 0 Å². The summed E-state index contributed by atoms with van der Waals surface area (Å²) in [5.74, 6) is 0.170. The van der Waals surface area contributed by atoms with E-state index < -0.39 is 11.6 Å². The van der Waals surface area contributed by atoms with Crippen LogP contribution in [0.15, 0.2) is 108 Å². The molecule has 1 amide bonds. The monoisotopic (exact) mass is 491 g/mol. The van der Waals surface area contributed by atoms with Crippen LogP contribution in [0.4, 0.5) is 0 Å². The molecule has 0 spiro atoms. The molecule has 0 bridgehead atoms. The number of hydrogen-bond donors (Lipinski definition) is 3. The Balaban J connectivity index is 1.40. The number of carbonyl (C=O) groups is 1. The van der Waals surface area contributed by atoms with Gasteiger partial charge in [0.25, 0.3) is 11.6 Å². The summed E-state index contributed by atoms with van der Waals surface area (Å²) in [7, 11) is 0. The molecule has 0 aliphatic carbocycles. The van der Waals surface area contributed by atoms with Crippen molar-refractivity contribution in [1.82, 2.24) is 10.2 Å². The van der Waals surface area contributed by atoms with Gasteiger partial charge in [-0.2, -0.15) is 4.89 Å². The number of aliphatic imine (C=N–C) groups is 1. The summed E-state index contributed by atoms with van der Waals surface area (Å²) in [5, 5.41) is 25.4. The van der Waals surface area contributed by atoms with E-state index in [0.717, 1.165) is 27.5 Å². The van der Waals surface area contributed by atoms with Gasteiger partial charge in [-0.3, -0.25) is 9.69 Å². The molecule has 184 valence electrons. The molecule has 0 unspecified atom stereocenters. The molecule has 2 heterocycles. The maximum Gasteiger partial charge on any atom is 0.290 e. The van der Waals surface area contributed by atoms with Gasteiger partial charge in [-0.1, -0.05) is 72.8 Å². The average Bonchev–Trinajstić information content (AvgIpc) is 3.21. The number of aromatic hydroxyl groups is 1. The summed E-state index contributed by atoms with van der Waals surface area (Å²) in [6.07, 6.45) is 2.32. The third-order valence-corrected chi connectivity index (χ3v) is 6.86. The van der Waals surface area contributed by atoms with E-state index >= 15 is 0 Å². The minimum Gasteiger partial charge on any atom is -0.508 e. The van der Waals surface area contributed by atoms with Crippen LogP contribution >= 0.6 is 0 Å². The highest BCUT2D eigenvalue weighted by molar-refractivity contribution is 6.12. The number of phenolic OH excluding ortho intramolecular Hbond substituents is 1. The molecule has 7 nitrogen and oxygen atoms in total. The van der Waals surface area contributed by atoms with Crippen molar-refractivity contribution in [2.45, 2.75) is 24.6 Å². The fraction of sp³-hybridized carbons (Fsp3) is 0.133. The highest BCUT2D eigenvalue weighted by Crippen LogP contribution is 2.34. The number of nitrogens with zero attached hydrogens (tertiary/aromatic N) is 2. The minimum absolute atomic E-state index is 0.0770. The van der Waals surface area contributed by atoms with Crippen LogP contribution < -0.4 is 5.32 Å². The van der Waals surface area contributed by atoms with E-state index in [0.29, 0.717) is 18.0 Å². The second-order valence-corrected chi connectivity index (χ2v) is 9.36. The van der Waals surface area contributed by atoms with E-state index in [4.69, 9.17) is 9.88 Å². The lowest BCUT2D eigenvalue weighted by Crippen LogP contribution is -2.50. The second-order valence-electron chi connectivity index (χ2n) is 9.36. The minimum atomic E-state index is -1.80. The zero-order chi connectivity index (χ0) is 25.4. The SMILES string of the molecule is O=C1N2C=C(c3ccc(O)cc3)N[C@@H](Cc3ccccc3)C2=N[C@@]1(Cc1ccc2ccccc2c1)OO. The fourth-order valence-electron chi connectivity index (χ4n) is 4.99. The second kappa shape index (κ2) is 9.20. The molecule has 0 radical (unpaired) electrons. The number of carbonyl (C=O) groups excluding carboxylic acids is 1. The maximum atomic E-state index is 13.8. The van der Waals surface area contributed by atoms with Crippen molar-refractivity contribution in [1.29, 1.82) is 0 Å². The van der Waals surface area contributed by atoms with Crippen LogP contribution in [0.25, 0.3) is 16.5 Å². The van der Waals surface area contributed by atoms with Crippen molar-refractivity contribution in [3.63, 3.8) is 0 Å². The van der Waals surface area contributed by atoms with Gasteiger partial charge in [0.05, 0.1) is 11.7 Å². The lowest BCUT2D eigenvalue weighted by Gasteiger charge is -2.31. The van der Waals surface area contributed by atoms with Crippen molar-refractivity contribution >= 4 is 28.2 Å². The molecular formula is C30H25N3O4. The summed E-state index contributed by atoms with van der Waals surface area (Å²) in [5.41, 5.74) is 1.60. The molecule has 2 atom stereocenters. The molecule has 37 heavy (non-hydrogen) atoms. The number of fused-ring (bicyclic) bond motifs is 2. The van der Waals surface area contributed by atoms with Gasteiger partial charge >= 0.3 is 0 Å². The predicted octanol–water partition coefficient (Wildman–Crippen LogP) is 4.73. The Labute approximate surface area is 213 Å². The lowest BCUT2D eigenvalue weighted by atomic mass is 9.99. The normalized spacial score (nSPS) is 20.8. The Kier molecular flexibility index (Phi) is 5.71. The van der Waals surface area contributed by atoms with Crippen molar-refractivity contribution < 1.29 is 20.0 Å². The van der Waals surface area contributed by atoms with E-state index in [-0.39, 0.29) is 18.2 Å². The topological polar surface area (TPSA) is 94.4 Å². The van der Waals surface area contributed by atoms with Gasteiger partial charge in [-0.05, 0) is 58.1 Å². The number of hydrogen-bond acceptors (Lipinski definition) is 6. The van der Waals surface area contributed by atoms with Crippen molar-refractivity contribution in [3.05, 3.63) is 120 Å². The van der Waals surface area contributed by atoms with Crippen molar-refractivity contribution in [2.75, 3.05) is 0 Å². The van der Waals surface area contributed by atoms with Crippen LogP contribution in [-0.4, -0.2) is 38.8 Å². The van der Waals surface area contributed by atoms with Crippen molar-refractivity contribution in [2.24, 2.45) is 4.99 Å². The molecule has 0 saturated carbocycles. The largest absolute Gasteiger partial charge is 0.508 e. The van der Waals surface area contributed by atoms with E-state index in [1.165, 1.54) is 4.90 Å². The number of amidine groups is 1. The lowest BCUT2D eigenvalue weighted by molar-refractivity contribution is -0.308. The zero-order valence-corrected chi connectivity index (χ0v) is 19.9. The van der Waals surface area contributed by atoms with Gasteiger partial charge in [0, 0.05) is 12.6 Å². The first-order valence-electron chi connectivity index (χ1n) is 12.1. The maximum absolute atomic E-state index is 13.8. The molecule has 3 N–H and O–H groups in total. The Morgan fingerprint density at radius 3 is 2.38 bits per heavy atom. The fourth-order valence-corrected chi connectivity index (χ4v) is 4.99. The molecule has 4 aromatic rings. The Bertz CT molecular complexity index is 1530. The number of nitrogens with one attached hydrogen (secondary N) is 1. The highest BCUT2D eigenvalue weighted by Gasteiger charge is 2.52. The number of rotatable bonds is 6. The van der Waals surface area contributed by atoms with Gasteiger partial charge < -0.3 is 10.4 Å². The first-order chi connectivity index (χ1) is 18.0. The standard InChI is InChI=1S/C30H25N3O4/c34-25-14-12-23(13-15-25)27-19-33-28(26(31-27)17-20-6-2-1-3-7-20)32-30(37-36,29(33)35)18-21-10-11-22-8-4-5-9-24(22)16-21/h1-16,19,26,31,34,36H,17-18H2/t26-,30-/m0/s1. The first-order valence-corrected chi connectivity index (χ1v) is 12.1. The van der Waals surface area contributed by atoms with Crippen LogP contribution in [0.1, 0.15) is 16.7 Å². The van der Waals surface area contributed by atoms with E-state index in [2.05, 4.69) is 5.32 Å². The summed E-state index contributed by atoms with van der Waals surface area (Å²) in [6, 6.07) is 30.2. The average molecular weight is 492 g/mol. The summed E-state index contributed by atoms with van der Waals surface area (Å²) < 4.78 is 0. The number of benzene rings is 4. The van der Waals surface area contributed by atoms with E-state index in [9.17, 15) is 15.2 Å². The Morgan fingerprint density at radius 1 is 0.892 bits per heavy atom. The molecule has 0 aromatic heterocycles. The quantitative estimate of drug-likeness (QED) is 0.268. The first kappa shape index (κ1) is 23.0. The third-order valence-electron chi connectivity index (χ3n) is 6.86. The molecule has 2 aliphatic rings. The van der Waals surface area contributed by atoms with E-state index in [1.807, 2.05) is 72.8 Å². The molecule has 6 rings (SSSR count). The van der Waals surface area contributed by atoms with Gasteiger partial charge in [0.1, 0.15) is 11.6 Å². The Morgan fingerprint density at radius 2 is 1.62 bits per heavy atom. The van der Waals surface area contributed by atoms with Crippen molar-refractivity contribution in [3.8, 4) is 5.75 Å². The van der Waals surface area contributed by atoms with Gasteiger partial charge in [0.15, 0.2) is 0 Å². The highest BCUT2D eigenvalue weighted by atomic mass is 17.1. The number of phenols is 1. The van der Waals surface area contributed by atoms with Crippen LogP contribution in [0.5, 0.6) is 5.75 Å². The van der Waals surface area contributed by atoms with Crippen LogP contribution in [0.2, 0.25) is 0 Å². The molecule has 7 heteroatoms. The van der Waals surface area contributed by atoms with Crippen LogP contribution in [0.3, 0.4) is 0 Å². The van der Waals surface area contributed by atoms with Crippen LogP contribution in [0, 0.1) is 0 Å². The molecular weight excluding hydrogens is 466 g/mol. The smallest absolute Gasteiger partial charge is 0.290 e. The van der Waals surface area contributed by atoms with Gasteiger partial charge in [0.2, 0.25) is 0 Å².